The molecule has 0 unspecified atom stereocenters. The molecular weight excluding hydrogens is 174 g/mol. The van der Waals surface area contributed by atoms with Gasteiger partial charge < -0.3 is 10.8 Å². The molecule has 2 heteroatoms. The minimum Gasteiger partial charge on any atom is -0.388 e. The monoisotopic (exact) mass is 193 g/mol. The Labute approximate surface area is 85.8 Å². The van der Waals surface area contributed by atoms with Crippen LogP contribution in [0.25, 0.3) is 0 Å². The van der Waals surface area contributed by atoms with Gasteiger partial charge in [0.2, 0.25) is 0 Å². The van der Waals surface area contributed by atoms with E-state index in [1.807, 2.05) is 44.2 Å². The summed E-state index contributed by atoms with van der Waals surface area (Å²) in [4.78, 5) is 0. The summed E-state index contributed by atoms with van der Waals surface area (Å²) in [5.74, 6) is 0. The van der Waals surface area contributed by atoms with E-state index in [9.17, 15) is 5.11 Å². The highest BCUT2D eigenvalue weighted by atomic mass is 16.3. The Kier molecular flexibility index (Phi) is 3.67. The van der Waals surface area contributed by atoms with E-state index < -0.39 is 5.60 Å². The fourth-order valence-corrected chi connectivity index (χ4v) is 1.66. The van der Waals surface area contributed by atoms with Gasteiger partial charge in [-0.25, -0.2) is 0 Å². The van der Waals surface area contributed by atoms with Crippen LogP contribution in [0.4, 0.5) is 0 Å². The van der Waals surface area contributed by atoms with Crippen LogP contribution < -0.4 is 5.73 Å². The minimum absolute atomic E-state index is 0.293. The van der Waals surface area contributed by atoms with E-state index in [0.717, 1.165) is 5.56 Å². The molecule has 0 spiro atoms. The van der Waals surface area contributed by atoms with Crippen LogP contribution in [-0.2, 0) is 0 Å². The van der Waals surface area contributed by atoms with Crippen molar-refractivity contribution in [2.24, 2.45) is 5.73 Å². The van der Waals surface area contributed by atoms with Crippen molar-refractivity contribution in [2.45, 2.75) is 38.3 Å². The van der Waals surface area contributed by atoms with Crippen LogP contribution in [0.3, 0.4) is 0 Å². The highest BCUT2D eigenvalue weighted by molar-refractivity contribution is 5.21. The highest BCUT2D eigenvalue weighted by Gasteiger charge is 2.31. The first-order valence-electron chi connectivity index (χ1n) is 5.17. The topological polar surface area (TPSA) is 46.2 Å². The molecule has 78 valence electrons. The molecule has 0 saturated heterocycles. The Hall–Kier alpha value is -0.860. The van der Waals surface area contributed by atoms with Crippen molar-refractivity contribution in [1.29, 1.82) is 0 Å². The first kappa shape index (κ1) is 11.2. The van der Waals surface area contributed by atoms with Gasteiger partial charge in [0, 0.05) is 0 Å². The molecule has 1 aromatic rings. The van der Waals surface area contributed by atoms with Gasteiger partial charge in [0.1, 0.15) is 0 Å². The van der Waals surface area contributed by atoms with E-state index in [1.54, 1.807) is 0 Å². The van der Waals surface area contributed by atoms with Crippen molar-refractivity contribution in [3.05, 3.63) is 35.9 Å². The second kappa shape index (κ2) is 4.58. The van der Waals surface area contributed by atoms with Crippen LogP contribution in [0.5, 0.6) is 0 Å². The van der Waals surface area contributed by atoms with Gasteiger partial charge >= 0.3 is 0 Å². The lowest BCUT2D eigenvalue weighted by Crippen LogP contribution is -2.40. The third-order valence-corrected chi connectivity index (χ3v) is 2.96. The van der Waals surface area contributed by atoms with Crippen molar-refractivity contribution in [3.63, 3.8) is 0 Å². The third-order valence-electron chi connectivity index (χ3n) is 2.96. The molecule has 0 saturated carbocycles. The molecule has 3 N–H and O–H groups in total. The predicted molar refractivity (Wildman–Crippen MR) is 58.9 cm³/mol. The van der Waals surface area contributed by atoms with E-state index in [-0.39, 0.29) is 6.04 Å². The summed E-state index contributed by atoms with van der Waals surface area (Å²) in [7, 11) is 0. The van der Waals surface area contributed by atoms with Crippen LogP contribution in [0.15, 0.2) is 30.3 Å². The lowest BCUT2D eigenvalue weighted by molar-refractivity contribution is 0.00568. The fraction of sp³-hybridized carbons (Fsp3) is 0.500. The maximum Gasteiger partial charge on any atom is 0.0834 e. The molecule has 0 heterocycles. The number of hydrogen-bond acceptors (Lipinski definition) is 2. The molecule has 0 aliphatic rings. The second-order valence-electron chi connectivity index (χ2n) is 3.70. The number of hydrogen-bond donors (Lipinski definition) is 2. The first-order valence-corrected chi connectivity index (χ1v) is 5.17. The molecule has 0 amide bonds. The number of benzene rings is 1. The number of rotatable bonds is 4. The summed E-state index contributed by atoms with van der Waals surface area (Å²) in [6.07, 6.45) is 1.36. The molecule has 0 bridgehead atoms. The summed E-state index contributed by atoms with van der Waals surface area (Å²) in [6.45, 7) is 3.93. The maximum absolute atomic E-state index is 10.2. The summed E-state index contributed by atoms with van der Waals surface area (Å²) < 4.78 is 0. The molecule has 1 aromatic carbocycles. The smallest absolute Gasteiger partial charge is 0.0834 e. The molecule has 1 rings (SSSR count). The zero-order valence-electron chi connectivity index (χ0n) is 8.90. The van der Waals surface area contributed by atoms with Crippen molar-refractivity contribution in [2.75, 3.05) is 0 Å². The molecular formula is C12H19NO. The molecule has 14 heavy (non-hydrogen) atoms. The second-order valence-corrected chi connectivity index (χ2v) is 3.70. The van der Waals surface area contributed by atoms with Gasteiger partial charge in [0.25, 0.3) is 0 Å². The van der Waals surface area contributed by atoms with Gasteiger partial charge in [-0.05, 0) is 18.4 Å². The standard InChI is InChI=1S/C12H19NO/c1-3-12(14,4-2)11(13)10-8-6-5-7-9-10/h5-9,11,14H,3-4,13H2,1-2H3/t11-/m0/s1. The lowest BCUT2D eigenvalue weighted by Gasteiger charge is -2.32. The van der Waals surface area contributed by atoms with Crippen LogP contribution in [0.2, 0.25) is 0 Å². The van der Waals surface area contributed by atoms with Crippen LogP contribution in [0.1, 0.15) is 38.3 Å². The first-order chi connectivity index (χ1) is 6.64. The molecule has 0 aliphatic heterocycles. The van der Waals surface area contributed by atoms with Crippen molar-refractivity contribution < 1.29 is 5.11 Å². The zero-order chi connectivity index (χ0) is 10.6. The van der Waals surface area contributed by atoms with Gasteiger partial charge in [-0.15, -0.1) is 0 Å². The van der Waals surface area contributed by atoms with Gasteiger partial charge in [-0.2, -0.15) is 0 Å². The Morgan fingerprint density at radius 2 is 1.71 bits per heavy atom. The van der Waals surface area contributed by atoms with E-state index in [1.165, 1.54) is 0 Å². The van der Waals surface area contributed by atoms with E-state index in [2.05, 4.69) is 0 Å². The molecule has 0 aliphatic carbocycles. The SMILES string of the molecule is CCC(O)(CC)[C@@H](N)c1ccccc1. The third kappa shape index (κ3) is 2.14. The largest absolute Gasteiger partial charge is 0.388 e. The highest BCUT2D eigenvalue weighted by Crippen LogP contribution is 2.29. The quantitative estimate of drug-likeness (QED) is 0.770. The average Bonchev–Trinajstić information content (AvgIpc) is 2.28. The Morgan fingerprint density at radius 1 is 1.21 bits per heavy atom. The van der Waals surface area contributed by atoms with Crippen LogP contribution in [0, 0.1) is 0 Å². The van der Waals surface area contributed by atoms with E-state index >= 15 is 0 Å². The normalized spacial score (nSPS) is 14.0. The van der Waals surface area contributed by atoms with E-state index in [4.69, 9.17) is 5.73 Å². The van der Waals surface area contributed by atoms with Gasteiger partial charge in [0.15, 0.2) is 0 Å². The van der Waals surface area contributed by atoms with Gasteiger partial charge in [-0.3, -0.25) is 0 Å². The van der Waals surface area contributed by atoms with Crippen molar-refractivity contribution in [3.8, 4) is 0 Å². The summed E-state index contributed by atoms with van der Waals surface area (Å²) >= 11 is 0. The number of aliphatic hydroxyl groups is 1. The minimum atomic E-state index is -0.776. The number of nitrogens with two attached hydrogens (primary N) is 1. The predicted octanol–water partition coefficient (Wildman–Crippen LogP) is 2.24. The van der Waals surface area contributed by atoms with E-state index in [0.29, 0.717) is 12.8 Å². The summed E-state index contributed by atoms with van der Waals surface area (Å²) in [6, 6.07) is 9.47. The van der Waals surface area contributed by atoms with Gasteiger partial charge in [-0.1, -0.05) is 44.2 Å². The van der Waals surface area contributed by atoms with Crippen molar-refractivity contribution in [1.82, 2.24) is 0 Å². The molecule has 0 fully saturated rings. The average molecular weight is 193 g/mol. The Morgan fingerprint density at radius 3 is 2.14 bits per heavy atom. The molecule has 2 nitrogen and oxygen atoms in total. The molecule has 0 aromatic heterocycles. The molecule has 0 radical (unpaired) electrons. The van der Waals surface area contributed by atoms with Crippen LogP contribution >= 0.6 is 0 Å². The molecule has 1 atom stereocenters. The lowest BCUT2D eigenvalue weighted by atomic mass is 9.85. The maximum atomic E-state index is 10.2. The summed E-state index contributed by atoms with van der Waals surface area (Å²) in [5.41, 5.74) is 6.27. The Balaban J connectivity index is 2.89. The van der Waals surface area contributed by atoms with Gasteiger partial charge in [0.05, 0.1) is 11.6 Å². The summed E-state index contributed by atoms with van der Waals surface area (Å²) in [5, 5.41) is 10.2. The fourth-order valence-electron chi connectivity index (χ4n) is 1.66. The Bertz CT molecular complexity index is 267. The zero-order valence-corrected chi connectivity index (χ0v) is 8.90. The van der Waals surface area contributed by atoms with Crippen LogP contribution in [-0.4, -0.2) is 10.7 Å². The van der Waals surface area contributed by atoms with Crippen molar-refractivity contribution >= 4 is 0 Å².